The van der Waals surface area contributed by atoms with E-state index in [-0.39, 0.29) is 18.9 Å². The molecule has 0 aliphatic heterocycles. The summed E-state index contributed by atoms with van der Waals surface area (Å²) in [7, 11) is 0. The molecular formula is C13H18N2O3. The van der Waals surface area contributed by atoms with Crippen molar-refractivity contribution in [3.05, 3.63) is 29.8 Å². The fourth-order valence-electron chi connectivity index (χ4n) is 1.47. The fraction of sp³-hybridized carbons (Fsp3) is 0.385. The minimum atomic E-state index is -0.923. The molecule has 0 saturated carbocycles. The second-order valence-corrected chi connectivity index (χ2v) is 3.87. The van der Waals surface area contributed by atoms with E-state index < -0.39 is 5.97 Å². The van der Waals surface area contributed by atoms with Gasteiger partial charge in [0.05, 0.1) is 12.0 Å². The predicted octanol–water partition coefficient (Wildman–Crippen LogP) is 1.71. The van der Waals surface area contributed by atoms with Crippen LogP contribution < -0.4 is 10.6 Å². The minimum Gasteiger partial charge on any atom is -0.481 e. The molecule has 0 fully saturated rings. The second kappa shape index (κ2) is 7.32. The molecule has 0 aliphatic carbocycles. The summed E-state index contributed by atoms with van der Waals surface area (Å²) in [5.41, 5.74) is 1.31. The van der Waals surface area contributed by atoms with Crippen molar-refractivity contribution in [1.29, 1.82) is 0 Å². The van der Waals surface area contributed by atoms with Crippen molar-refractivity contribution >= 4 is 17.6 Å². The Bertz CT molecular complexity index is 418. The molecule has 0 aliphatic rings. The maximum absolute atomic E-state index is 11.9. The summed E-state index contributed by atoms with van der Waals surface area (Å²) in [6.45, 7) is 2.97. The molecule has 3 N–H and O–H groups in total. The minimum absolute atomic E-state index is 0.0731. The Kier molecular flexibility index (Phi) is 5.70. The Morgan fingerprint density at radius 1 is 1.22 bits per heavy atom. The Morgan fingerprint density at radius 2 is 1.94 bits per heavy atom. The fourth-order valence-corrected chi connectivity index (χ4v) is 1.47. The topological polar surface area (TPSA) is 78.4 Å². The van der Waals surface area contributed by atoms with Crippen LogP contribution in [0.15, 0.2) is 24.3 Å². The van der Waals surface area contributed by atoms with Gasteiger partial charge in [0.15, 0.2) is 0 Å². The zero-order chi connectivity index (χ0) is 13.4. The standard InChI is InChI=1S/C13H18N2O3/c1-2-8-14-11-6-4-3-5-10(11)13(18)15-9-7-12(16)17/h3-6,14H,2,7-9H2,1H3,(H,15,18)(H,16,17). The van der Waals surface area contributed by atoms with E-state index in [1.807, 2.05) is 19.1 Å². The van der Waals surface area contributed by atoms with Crippen molar-refractivity contribution in [2.45, 2.75) is 19.8 Å². The van der Waals surface area contributed by atoms with Crippen LogP contribution in [0.5, 0.6) is 0 Å². The molecule has 0 atom stereocenters. The first-order chi connectivity index (χ1) is 8.65. The molecule has 18 heavy (non-hydrogen) atoms. The van der Waals surface area contributed by atoms with E-state index in [4.69, 9.17) is 5.11 Å². The molecule has 5 heteroatoms. The van der Waals surface area contributed by atoms with Crippen molar-refractivity contribution in [2.24, 2.45) is 0 Å². The van der Waals surface area contributed by atoms with Gasteiger partial charge >= 0.3 is 5.97 Å². The first-order valence-corrected chi connectivity index (χ1v) is 5.98. The van der Waals surface area contributed by atoms with Gasteiger partial charge in [0.2, 0.25) is 0 Å². The molecule has 0 aromatic heterocycles. The predicted molar refractivity (Wildman–Crippen MR) is 69.8 cm³/mol. The normalized spacial score (nSPS) is 9.83. The number of carboxylic acid groups (broad SMARTS) is 1. The summed E-state index contributed by atoms with van der Waals surface area (Å²) in [6, 6.07) is 7.19. The van der Waals surface area contributed by atoms with Crippen LogP contribution in [-0.4, -0.2) is 30.1 Å². The van der Waals surface area contributed by atoms with E-state index >= 15 is 0 Å². The average Bonchev–Trinajstić information content (AvgIpc) is 2.36. The molecule has 0 unspecified atom stereocenters. The summed E-state index contributed by atoms with van der Waals surface area (Å²) in [4.78, 5) is 22.2. The average molecular weight is 250 g/mol. The van der Waals surface area contributed by atoms with Crippen LogP contribution in [-0.2, 0) is 4.79 Å². The zero-order valence-electron chi connectivity index (χ0n) is 10.4. The van der Waals surface area contributed by atoms with Gasteiger partial charge in [-0.1, -0.05) is 19.1 Å². The molecule has 0 bridgehead atoms. The molecule has 98 valence electrons. The number of benzene rings is 1. The van der Waals surface area contributed by atoms with Gasteiger partial charge in [0.25, 0.3) is 5.91 Å². The summed E-state index contributed by atoms with van der Waals surface area (Å²) < 4.78 is 0. The maximum Gasteiger partial charge on any atom is 0.305 e. The number of amides is 1. The van der Waals surface area contributed by atoms with Crippen LogP contribution in [0.25, 0.3) is 0 Å². The lowest BCUT2D eigenvalue weighted by molar-refractivity contribution is -0.136. The third-order valence-electron chi connectivity index (χ3n) is 2.36. The highest BCUT2D eigenvalue weighted by Crippen LogP contribution is 2.14. The third-order valence-corrected chi connectivity index (χ3v) is 2.36. The van der Waals surface area contributed by atoms with E-state index in [1.165, 1.54) is 0 Å². The zero-order valence-corrected chi connectivity index (χ0v) is 10.4. The first kappa shape index (κ1) is 14.0. The number of carbonyl (C=O) groups excluding carboxylic acids is 1. The molecule has 0 saturated heterocycles. The number of aliphatic carboxylic acids is 1. The molecule has 1 aromatic carbocycles. The molecule has 5 nitrogen and oxygen atoms in total. The van der Waals surface area contributed by atoms with Gasteiger partial charge in [0.1, 0.15) is 0 Å². The van der Waals surface area contributed by atoms with Gasteiger partial charge in [-0.05, 0) is 18.6 Å². The lowest BCUT2D eigenvalue weighted by Crippen LogP contribution is -2.26. The first-order valence-electron chi connectivity index (χ1n) is 5.98. The molecule has 1 aromatic rings. The van der Waals surface area contributed by atoms with Gasteiger partial charge in [-0.2, -0.15) is 0 Å². The molecule has 1 rings (SSSR count). The number of para-hydroxylation sites is 1. The molecule has 1 amide bonds. The van der Waals surface area contributed by atoms with Crippen LogP contribution in [0, 0.1) is 0 Å². The number of carboxylic acids is 1. The van der Waals surface area contributed by atoms with Crippen LogP contribution in [0.4, 0.5) is 5.69 Å². The lowest BCUT2D eigenvalue weighted by Gasteiger charge is -2.11. The van der Waals surface area contributed by atoms with Crippen LogP contribution >= 0.6 is 0 Å². The maximum atomic E-state index is 11.9. The molecule has 0 spiro atoms. The smallest absolute Gasteiger partial charge is 0.305 e. The summed E-state index contributed by atoms with van der Waals surface area (Å²) >= 11 is 0. The van der Waals surface area contributed by atoms with Gasteiger partial charge in [-0.15, -0.1) is 0 Å². The van der Waals surface area contributed by atoms with E-state index in [0.717, 1.165) is 18.7 Å². The Labute approximate surface area is 106 Å². The lowest BCUT2D eigenvalue weighted by atomic mass is 10.1. The van der Waals surface area contributed by atoms with Crippen LogP contribution in [0.3, 0.4) is 0 Å². The SMILES string of the molecule is CCCNc1ccccc1C(=O)NCCC(=O)O. The van der Waals surface area contributed by atoms with Crippen molar-refractivity contribution < 1.29 is 14.7 Å². The number of hydrogen-bond acceptors (Lipinski definition) is 3. The molecule has 0 radical (unpaired) electrons. The van der Waals surface area contributed by atoms with Crippen molar-refractivity contribution in [2.75, 3.05) is 18.4 Å². The van der Waals surface area contributed by atoms with Gasteiger partial charge in [0, 0.05) is 18.8 Å². The van der Waals surface area contributed by atoms with E-state index in [0.29, 0.717) is 5.56 Å². The highest BCUT2D eigenvalue weighted by atomic mass is 16.4. The van der Waals surface area contributed by atoms with Crippen molar-refractivity contribution in [1.82, 2.24) is 5.32 Å². The van der Waals surface area contributed by atoms with Crippen molar-refractivity contribution in [3.8, 4) is 0 Å². The number of carbonyl (C=O) groups is 2. The Hall–Kier alpha value is -2.04. The van der Waals surface area contributed by atoms with E-state index in [1.54, 1.807) is 12.1 Å². The van der Waals surface area contributed by atoms with E-state index in [9.17, 15) is 9.59 Å². The number of anilines is 1. The Morgan fingerprint density at radius 3 is 2.61 bits per heavy atom. The largest absolute Gasteiger partial charge is 0.481 e. The van der Waals surface area contributed by atoms with E-state index in [2.05, 4.69) is 10.6 Å². The number of rotatable bonds is 7. The van der Waals surface area contributed by atoms with Crippen LogP contribution in [0.1, 0.15) is 30.1 Å². The highest BCUT2D eigenvalue weighted by molar-refractivity contribution is 5.99. The van der Waals surface area contributed by atoms with Gasteiger partial charge in [-0.25, -0.2) is 0 Å². The quantitative estimate of drug-likeness (QED) is 0.688. The summed E-state index contributed by atoms with van der Waals surface area (Å²) in [5, 5.41) is 14.3. The number of nitrogens with one attached hydrogen (secondary N) is 2. The monoisotopic (exact) mass is 250 g/mol. The summed E-state index contributed by atoms with van der Waals surface area (Å²) in [6.07, 6.45) is 0.894. The Balaban J connectivity index is 2.63. The van der Waals surface area contributed by atoms with Gasteiger partial charge < -0.3 is 15.7 Å². The number of hydrogen-bond donors (Lipinski definition) is 3. The third kappa shape index (κ3) is 4.45. The van der Waals surface area contributed by atoms with Crippen LogP contribution in [0.2, 0.25) is 0 Å². The van der Waals surface area contributed by atoms with Gasteiger partial charge in [-0.3, -0.25) is 9.59 Å². The highest BCUT2D eigenvalue weighted by Gasteiger charge is 2.10. The van der Waals surface area contributed by atoms with Crippen molar-refractivity contribution in [3.63, 3.8) is 0 Å². The summed E-state index contributed by atoms with van der Waals surface area (Å²) in [5.74, 6) is -1.18. The molecular weight excluding hydrogens is 232 g/mol. The molecule has 0 heterocycles. The second-order valence-electron chi connectivity index (χ2n) is 3.87.